The van der Waals surface area contributed by atoms with Gasteiger partial charge in [-0.2, -0.15) is 0 Å². The molecule has 1 aliphatic heterocycles. The lowest BCUT2D eigenvalue weighted by molar-refractivity contribution is -0.159. The van der Waals surface area contributed by atoms with Crippen LogP contribution in [-0.4, -0.2) is 43.6 Å². The molecule has 2 nitrogen and oxygen atoms in total. The summed E-state index contributed by atoms with van der Waals surface area (Å²) in [4.78, 5) is 0. The van der Waals surface area contributed by atoms with E-state index in [1.807, 2.05) is 0 Å². The quantitative estimate of drug-likeness (QED) is 0.683. The molecule has 0 N–H and O–H groups in total. The molecule has 2 unspecified atom stereocenters. The molecular formula is C10H22O2P2. The number of rotatable bonds is 5. The fourth-order valence-electron chi connectivity index (χ4n) is 1.74. The van der Waals surface area contributed by atoms with Crippen molar-refractivity contribution in [1.82, 2.24) is 0 Å². The van der Waals surface area contributed by atoms with Crippen molar-refractivity contribution < 1.29 is 9.47 Å². The van der Waals surface area contributed by atoms with E-state index in [0.29, 0.717) is 12.2 Å². The summed E-state index contributed by atoms with van der Waals surface area (Å²) in [5, 5.41) is 0. The molecule has 4 heteroatoms. The number of ether oxygens (including phenoxy) is 2. The van der Waals surface area contributed by atoms with Gasteiger partial charge in [0.05, 0.1) is 12.2 Å². The van der Waals surface area contributed by atoms with Crippen LogP contribution in [0.1, 0.15) is 20.3 Å². The van der Waals surface area contributed by atoms with Gasteiger partial charge in [0.1, 0.15) is 0 Å². The topological polar surface area (TPSA) is 18.5 Å². The van der Waals surface area contributed by atoms with Crippen molar-refractivity contribution >= 4 is 17.2 Å². The minimum Gasteiger partial charge on any atom is -0.344 e. The van der Waals surface area contributed by atoms with Crippen LogP contribution < -0.4 is 0 Å². The van der Waals surface area contributed by atoms with Crippen LogP contribution in [-0.2, 0) is 9.47 Å². The largest absolute Gasteiger partial charge is 0.344 e. The Balaban J connectivity index is 2.55. The molecule has 0 aromatic carbocycles. The molecule has 0 aromatic heterocycles. The standard InChI is InChI=1S/C10H22O2P2/c1-5-10(2)11-8(6-13-3)9(12-10)7-14-4/h8-9,13-14H,5-7H2,1-4H3/t8-,9-/m0/s1. The Morgan fingerprint density at radius 2 is 1.50 bits per heavy atom. The summed E-state index contributed by atoms with van der Waals surface area (Å²) in [6.07, 6.45) is 3.95. The van der Waals surface area contributed by atoms with E-state index in [0.717, 1.165) is 35.9 Å². The number of hydrogen-bond acceptors (Lipinski definition) is 2. The predicted octanol–water partition coefficient (Wildman–Crippen LogP) is 2.51. The van der Waals surface area contributed by atoms with Crippen LogP contribution in [0, 0.1) is 0 Å². The molecule has 0 radical (unpaired) electrons. The average Bonchev–Trinajstić information content (AvgIpc) is 2.46. The lowest BCUT2D eigenvalue weighted by Crippen LogP contribution is -2.26. The van der Waals surface area contributed by atoms with Crippen LogP contribution in [0.4, 0.5) is 0 Å². The first-order chi connectivity index (χ1) is 6.65. The molecule has 0 amide bonds. The smallest absolute Gasteiger partial charge is 0.166 e. The van der Waals surface area contributed by atoms with Crippen molar-refractivity contribution in [2.75, 3.05) is 25.7 Å². The van der Waals surface area contributed by atoms with Crippen LogP contribution in [0.5, 0.6) is 0 Å². The van der Waals surface area contributed by atoms with Gasteiger partial charge in [-0.15, -0.1) is 17.2 Å². The van der Waals surface area contributed by atoms with Crippen molar-refractivity contribution in [2.24, 2.45) is 0 Å². The van der Waals surface area contributed by atoms with Crippen LogP contribution >= 0.6 is 17.2 Å². The third-order valence-electron chi connectivity index (χ3n) is 2.67. The maximum Gasteiger partial charge on any atom is 0.166 e. The van der Waals surface area contributed by atoms with Crippen LogP contribution in [0.2, 0.25) is 0 Å². The van der Waals surface area contributed by atoms with E-state index in [1.165, 1.54) is 0 Å². The average molecular weight is 236 g/mol. The Hall–Kier alpha value is 0.780. The highest BCUT2D eigenvalue weighted by Crippen LogP contribution is 2.35. The first kappa shape index (κ1) is 12.8. The summed E-state index contributed by atoms with van der Waals surface area (Å²) in [6.45, 7) is 8.66. The monoisotopic (exact) mass is 236 g/mol. The predicted molar refractivity (Wildman–Crippen MR) is 66.7 cm³/mol. The third-order valence-corrected chi connectivity index (χ3v) is 4.29. The van der Waals surface area contributed by atoms with E-state index in [9.17, 15) is 0 Å². The summed E-state index contributed by atoms with van der Waals surface area (Å²) in [5.41, 5.74) is 0. The third kappa shape index (κ3) is 3.14. The Morgan fingerprint density at radius 1 is 1.07 bits per heavy atom. The molecule has 1 aliphatic rings. The van der Waals surface area contributed by atoms with Crippen LogP contribution in [0.15, 0.2) is 0 Å². The second-order valence-electron chi connectivity index (χ2n) is 3.92. The molecule has 1 rings (SSSR count). The van der Waals surface area contributed by atoms with Crippen molar-refractivity contribution in [1.29, 1.82) is 0 Å². The first-order valence-corrected chi connectivity index (χ1v) is 8.71. The molecule has 1 heterocycles. The normalized spacial score (nSPS) is 39.4. The summed E-state index contributed by atoms with van der Waals surface area (Å²) >= 11 is 0. The summed E-state index contributed by atoms with van der Waals surface area (Å²) < 4.78 is 12.0. The van der Waals surface area contributed by atoms with Gasteiger partial charge in [-0.05, 0) is 39.0 Å². The second kappa shape index (κ2) is 5.75. The van der Waals surface area contributed by atoms with E-state index in [-0.39, 0.29) is 5.79 Å². The molecule has 4 atom stereocenters. The van der Waals surface area contributed by atoms with Gasteiger partial charge in [0.2, 0.25) is 0 Å². The maximum atomic E-state index is 5.99. The van der Waals surface area contributed by atoms with E-state index < -0.39 is 0 Å². The van der Waals surface area contributed by atoms with E-state index in [2.05, 4.69) is 27.2 Å². The summed E-state index contributed by atoms with van der Waals surface area (Å²) in [6, 6.07) is 0. The van der Waals surface area contributed by atoms with E-state index in [1.54, 1.807) is 0 Å². The van der Waals surface area contributed by atoms with Gasteiger partial charge in [-0.1, -0.05) is 6.92 Å². The van der Waals surface area contributed by atoms with Crippen molar-refractivity contribution in [3.8, 4) is 0 Å². The summed E-state index contributed by atoms with van der Waals surface area (Å²) in [7, 11) is 1.92. The van der Waals surface area contributed by atoms with Gasteiger partial charge in [-0.25, -0.2) is 0 Å². The molecule has 14 heavy (non-hydrogen) atoms. The lowest BCUT2D eigenvalue weighted by atomic mass is 10.2. The van der Waals surface area contributed by atoms with Gasteiger partial charge in [0, 0.05) is 0 Å². The highest BCUT2D eigenvalue weighted by molar-refractivity contribution is 7.37. The van der Waals surface area contributed by atoms with Crippen molar-refractivity contribution in [3.05, 3.63) is 0 Å². The van der Waals surface area contributed by atoms with Gasteiger partial charge in [-0.3, -0.25) is 0 Å². The SMILES string of the molecule is CCC1(C)O[C@@H](CPC)[C@H](CPC)O1. The van der Waals surface area contributed by atoms with Gasteiger partial charge in [0.15, 0.2) is 5.79 Å². The highest BCUT2D eigenvalue weighted by Gasteiger charge is 2.41. The zero-order valence-electron chi connectivity index (χ0n) is 9.59. The minimum atomic E-state index is -0.311. The molecule has 0 aromatic rings. The molecule has 0 bridgehead atoms. The Labute approximate surface area is 91.1 Å². The molecule has 0 spiro atoms. The van der Waals surface area contributed by atoms with Crippen LogP contribution in [0.3, 0.4) is 0 Å². The molecule has 0 aliphatic carbocycles. The molecule has 84 valence electrons. The van der Waals surface area contributed by atoms with Crippen molar-refractivity contribution in [2.45, 2.75) is 38.3 Å². The maximum absolute atomic E-state index is 5.99. The summed E-state index contributed by atoms with van der Waals surface area (Å²) in [5.74, 6) is -0.311. The Kier molecular flexibility index (Phi) is 5.28. The Bertz CT molecular complexity index is 162. The van der Waals surface area contributed by atoms with Gasteiger partial charge >= 0.3 is 0 Å². The minimum absolute atomic E-state index is 0.311. The second-order valence-corrected chi connectivity index (χ2v) is 6.15. The number of hydrogen-bond donors (Lipinski definition) is 0. The molecule has 1 saturated heterocycles. The molecule has 0 saturated carbocycles. The highest BCUT2D eigenvalue weighted by atomic mass is 31.1. The zero-order chi connectivity index (χ0) is 10.6. The first-order valence-electron chi connectivity index (χ1n) is 5.30. The Morgan fingerprint density at radius 3 is 1.79 bits per heavy atom. The van der Waals surface area contributed by atoms with Crippen LogP contribution in [0.25, 0.3) is 0 Å². The fraction of sp³-hybridized carbons (Fsp3) is 1.00. The van der Waals surface area contributed by atoms with Gasteiger partial charge in [0.25, 0.3) is 0 Å². The lowest BCUT2D eigenvalue weighted by Gasteiger charge is -2.21. The van der Waals surface area contributed by atoms with E-state index in [4.69, 9.17) is 9.47 Å². The molecular weight excluding hydrogens is 214 g/mol. The van der Waals surface area contributed by atoms with Gasteiger partial charge < -0.3 is 9.47 Å². The van der Waals surface area contributed by atoms with E-state index >= 15 is 0 Å². The van der Waals surface area contributed by atoms with Crippen molar-refractivity contribution in [3.63, 3.8) is 0 Å². The zero-order valence-corrected chi connectivity index (χ0v) is 11.6. The molecule has 1 fully saturated rings. The fourth-order valence-corrected chi connectivity index (χ4v) is 3.23.